The first-order valence-electron chi connectivity index (χ1n) is 5.93. The summed E-state index contributed by atoms with van der Waals surface area (Å²) < 4.78 is 0. The van der Waals surface area contributed by atoms with Crippen molar-refractivity contribution in [1.29, 1.82) is 0 Å². The monoisotopic (exact) mass is 213 g/mol. The fraction of sp³-hybridized carbons (Fsp3) is 0.909. The normalized spacial score (nSPS) is 26.1. The lowest BCUT2D eigenvalue weighted by atomic mass is 9.83. The number of nitrogens with one attached hydrogen (secondary N) is 1. The molecule has 1 saturated carbocycles. The molecule has 0 aromatic carbocycles. The van der Waals surface area contributed by atoms with Crippen molar-refractivity contribution in [3.63, 3.8) is 0 Å². The first kappa shape index (κ1) is 12.3. The zero-order valence-corrected chi connectivity index (χ0v) is 9.83. The summed E-state index contributed by atoms with van der Waals surface area (Å²) in [6, 6.07) is 0.372. The van der Waals surface area contributed by atoms with Gasteiger partial charge in [0.1, 0.15) is 0 Å². The van der Waals surface area contributed by atoms with Gasteiger partial charge in [0, 0.05) is 19.6 Å². The van der Waals surface area contributed by atoms with Crippen molar-refractivity contribution in [1.82, 2.24) is 10.2 Å². The molecule has 2 amide bonds. The molecule has 0 aromatic rings. The van der Waals surface area contributed by atoms with E-state index in [1.54, 1.807) is 7.05 Å². The standard InChI is InChI=1S/C11H23N3O/c1-3-14(11(15)13-2)10-7-5-4-6-9(10)8-12/h9-10H,3-8,12H2,1-2H3,(H,13,15). The van der Waals surface area contributed by atoms with Gasteiger partial charge in [0.25, 0.3) is 0 Å². The van der Waals surface area contributed by atoms with Crippen molar-refractivity contribution in [2.24, 2.45) is 11.7 Å². The van der Waals surface area contributed by atoms with Crippen molar-refractivity contribution in [3.05, 3.63) is 0 Å². The molecule has 1 fully saturated rings. The average Bonchev–Trinajstić information content (AvgIpc) is 2.30. The van der Waals surface area contributed by atoms with Gasteiger partial charge in [0.05, 0.1) is 0 Å². The molecule has 88 valence electrons. The van der Waals surface area contributed by atoms with Crippen LogP contribution in [0.4, 0.5) is 4.79 Å². The van der Waals surface area contributed by atoms with Crippen LogP contribution in [-0.4, -0.2) is 37.1 Å². The van der Waals surface area contributed by atoms with E-state index in [9.17, 15) is 4.79 Å². The number of urea groups is 1. The topological polar surface area (TPSA) is 58.4 Å². The summed E-state index contributed by atoms with van der Waals surface area (Å²) in [5, 5.41) is 2.70. The smallest absolute Gasteiger partial charge is 0.317 e. The number of hydrogen-bond donors (Lipinski definition) is 2. The van der Waals surface area contributed by atoms with Crippen LogP contribution in [0.15, 0.2) is 0 Å². The van der Waals surface area contributed by atoms with E-state index in [1.807, 2.05) is 11.8 Å². The highest BCUT2D eigenvalue weighted by Gasteiger charge is 2.30. The Balaban J connectivity index is 2.67. The lowest BCUT2D eigenvalue weighted by Crippen LogP contribution is -2.50. The highest BCUT2D eigenvalue weighted by Crippen LogP contribution is 2.27. The molecule has 2 atom stereocenters. The van der Waals surface area contributed by atoms with Crippen LogP contribution in [0.2, 0.25) is 0 Å². The third-order valence-electron chi connectivity index (χ3n) is 3.39. The second-order valence-electron chi connectivity index (χ2n) is 4.19. The van der Waals surface area contributed by atoms with Crippen molar-refractivity contribution in [3.8, 4) is 0 Å². The lowest BCUT2D eigenvalue weighted by molar-refractivity contribution is 0.128. The van der Waals surface area contributed by atoms with Gasteiger partial charge in [-0.2, -0.15) is 0 Å². The molecule has 4 nitrogen and oxygen atoms in total. The van der Waals surface area contributed by atoms with Crippen LogP contribution in [0.25, 0.3) is 0 Å². The molecule has 2 unspecified atom stereocenters. The molecule has 0 spiro atoms. The Hall–Kier alpha value is -0.770. The van der Waals surface area contributed by atoms with Crippen LogP contribution in [0.5, 0.6) is 0 Å². The zero-order chi connectivity index (χ0) is 11.3. The van der Waals surface area contributed by atoms with E-state index in [4.69, 9.17) is 5.73 Å². The van der Waals surface area contributed by atoms with Crippen LogP contribution in [0.3, 0.4) is 0 Å². The fourth-order valence-corrected chi connectivity index (χ4v) is 2.55. The maximum absolute atomic E-state index is 11.7. The fourth-order valence-electron chi connectivity index (χ4n) is 2.55. The summed E-state index contributed by atoms with van der Waals surface area (Å²) in [7, 11) is 1.69. The Morgan fingerprint density at radius 1 is 1.47 bits per heavy atom. The van der Waals surface area contributed by atoms with Crippen LogP contribution >= 0.6 is 0 Å². The Bertz CT molecular complexity index is 208. The molecule has 0 aliphatic heterocycles. The van der Waals surface area contributed by atoms with Gasteiger partial charge in [0.15, 0.2) is 0 Å². The minimum Gasteiger partial charge on any atom is -0.341 e. The Morgan fingerprint density at radius 3 is 2.67 bits per heavy atom. The highest BCUT2D eigenvalue weighted by molar-refractivity contribution is 5.74. The molecule has 0 saturated heterocycles. The summed E-state index contributed by atoms with van der Waals surface area (Å²) in [5.74, 6) is 0.482. The van der Waals surface area contributed by atoms with Gasteiger partial charge >= 0.3 is 6.03 Å². The second kappa shape index (κ2) is 5.95. The lowest BCUT2D eigenvalue weighted by Gasteiger charge is -2.38. The number of carbonyl (C=O) groups excluding carboxylic acids is 1. The number of carbonyl (C=O) groups is 1. The maximum atomic E-state index is 11.7. The highest BCUT2D eigenvalue weighted by atomic mass is 16.2. The summed E-state index contributed by atoms with van der Waals surface area (Å²) in [4.78, 5) is 13.6. The number of nitrogens with two attached hydrogens (primary N) is 1. The largest absolute Gasteiger partial charge is 0.341 e. The molecular weight excluding hydrogens is 190 g/mol. The van der Waals surface area contributed by atoms with E-state index in [-0.39, 0.29) is 6.03 Å². The average molecular weight is 213 g/mol. The summed E-state index contributed by atoms with van der Waals surface area (Å²) in [5.41, 5.74) is 5.77. The van der Waals surface area contributed by atoms with Crippen molar-refractivity contribution in [2.45, 2.75) is 38.6 Å². The van der Waals surface area contributed by atoms with E-state index in [1.165, 1.54) is 12.8 Å². The van der Waals surface area contributed by atoms with Gasteiger partial charge in [-0.05, 0) is 32.2 Å². The number of hydrogen-bond acceptors (Lipinski definition) is 2. The molecule has 1 aliphatic rings. The predicted octanol–water partition coefficient (Wildman–Crippen LogP) is 1.17. The minimum atomic E-state index is 0.0304. The molecule has 1 rings (SSSR count). The number of nitrogens with zero attached hydrogens (tertiary/aromatic N) is 1. The maximum Gasteiger partial charge on any atom is 0.317 e. The molecule has 3 N–H and O–H groups in total. The molecule has 1 aliphatic carbocycles. The second-order valence-corrected chi connectivity index (χ2v) is 4.19. The van der Waals surface area contributed by atoms with E-state index in [0.29, 0.717) is 18.5 Å². The Morgan fingerprint density at radius 2 is 2.13 bits per heavy atom. The van der Waals surface area contributed by atoms with Gasteiger partial charge in [-0.25, -0.2) is 4.79 Å². The van der Waals surface area contributed by atoms with E-state index in [0.717, 1.165) is 19.4 Å². The molecule has 0 bridgehead atoms. The molecule has 0 radical (unpaired) electrons. The molecule has 15 heavy (non-hydrogen) atoms. The molecule has 0 aromatic heterocycles. The van der Waals surface area contributed by atoms with Crippen LogP contribution in [0, 0.1) is 5.92 Å². The van der Waals surface area contributed by atoms with Crippen molar-refractivity contribution < 1.29 is 4.79 Å². The van der Waals surface area contributed by atoms with Crippen LogP contribution < -0.4 is 11.1 Å². The van der Waals surface area contributed by atoms with Crippen LogP contribution in [0.1, 0.15) is 32.6 Å². The van der Waals surface area contributed by atoms with E-state index >= 15 is 0 Å². The third-order valence-corrected chi connectivity index (χ3v) is 3.39. The Kier molecular flexibility index (Phi) is 4.88. The van der Waals surface area contributed by atoms with Gasteiger partial charge in [0.2, 0.25) is 0 Å². The molecule has 4 heteroatoms. The van der Waals surface area contributed by atoms with E-state index < -0.39 is 0 Å². The van der Waals surface area contributed by atoms with E-state index in [2.05, 4.69) is 5.32 Å². The third kappa shape index (κ3) is 2.84. The van der Waals surface area contributed by atoms with Crippen LogP contribution in [-0.2, 0) is 0 Å². The first-order chi connectivity index (χ1) is 7.24. The van der Waals surface area contributed by atoms with Gasteiger partial charge in [-0.1, -0.05) is 12.8 Å². The number of rotatable bonds is 3. The quantitative estimate of drug-likeness (QED) is 0.739. The summed E-state index contributed by atoms with van der Waals surface area (Å²) in [6.45, 7) is 3.48. The minimum absolute atomic E-state index is 0.0304. The van der Waals surface area contributed by atoms with Crippen molar-refractivity contribution >= 4 is 6.03 Å². The Labute approximate surface area is 92.2 Å². The number of amides is 2. The molecular formula is C11H23N3O. The first-order valence-corrected chi connectivity index (χ1v) is 5.93. The SMILES string of the molecule is CCN(C(=O)NC)C1CCCCC1CN. The predicted molar refractivity (Wildman–Crippen MR) is 61.6 cm³/mol. The molecule has 0 heterocycles. The zero-order valence-electron chi connectivity index (χ0n) is 9.83. The van der Waals surface area contributed by atoms with Crippen molar-refractivity contribution in [2.75, 3.05) is 20.1 Å². The summed E-state index contributed by atoms with van der Waals surface area (Å²) in [6.07, 6.45) is 4.73. The van der Waals surface area contributed by atoms with Gasteiger partial charge in [-0.15, -0.1) is 0 Å². The van der Waals surface area contributed by atoms with Gasteiger partial charge < -0.3 is 16.0 Å². The summed E-state index contributed by atoms with van der Waals surface area (Å²) >= 11 is 0. The van der Waals surface area contributed by atoms with Gasteiger partial charge in [-0.3, -0.25) is 0 Å².